The monoisotopic (exact) mass is 228 g/mol. The lowest BCUT2D eigenvalue weighted by atomic mass is 10.3. The van der Waals surface area contributed by atoms with Crippen molar-refractivity contribution < 1.29 is 9.53 Å². The summed E-state index contributed by atoms with van der Waals surface area (Å²) in [5.74, 6) is 0.0800. The smallest absolute Gasteiger partial charge is 0.186 e. The number of hydrogen-bond donors (Lipinski definition) is 0. The van der Waals surface area contributed by atoms with Crippen LogP contribution in [0.2, 0.25) is 0 Å². The van der Waals surface area contributed by atoms with E-state index in [-0.39, 0.29) is 5.78 Å². The number of Topliss-reactive ketones (excluding diaryl/α,β-unsaturated/α-hetero) is 1. The van der Waals surface area contributed by atoms with E-state index in [1.807, 2.05) is 18.9 Å². The number of carbonyl (C=O) groups excluding carboxylic acids is 1. The molecule has 0 aliphatic rings. The fourth-order valence-electron chi connectivity index (χ4n) is 1.20. The van der Waals surface area contributed by atoms with Crippen molar-refractivity contribution in [2.24, 2.45) is 0 Å². The minimum atomic E-state index is 0.0800. The summed E-state index contributed by atoms with van der Waals surface area (Å²) in [7, 11) is 3.61. The van der Waals surface area contributed by atoms with Crippen LogP contribution in [0.15, 0.2) is 0 Å². The summed E-state index contributed by atoms with van der Waals surface area (Å²) in [5, 5.41) is 0.870. The summed E-state index contributed by atoms with van der Waals surface area (Å²) in [4.78, 5) is 18.3. The van der Waals surface area contributed by atoms with Gasteiger partial charge < -0.3 is 9.64 Å². The van der Waals surface area contributed by atoms with E-state index in [1.165, 1.54) is 11.3 Å². The van der Waals surface area contributed by atoms with Crippen molar-refractivity contribution in [3.05, 3.63) is 10.6 Å². The second-order valence-electron chi connectivity index (χ2n) is 3.38. The highest BCUT2D eigenvalue weighted by Gasteiger charge is 2.13. The van der Waals surface area contributed by atoms with E-state index < -0.39 is 0 Å². The van der Waals surface area contributed by atoms with Gasteiger partial charge in [0.25, 0.3) is 0 Å². The lowest BCUT2D eigenvalue weighted by Gasteiger charge is -2.14. The number of nitrogens with zero attached hydrogens (tertiary/aromatic N) is 2. The maximum atomic E-state index is 11.2. The molecule has 84 valence electrons. The molecule has 0 aliphatic carbocycles. The molecule has 0 amide bonds. The van der Waals surface area contributed by atoms with Crippen molar-refractivity contribution in [1.29, 1.82) is 0 Å². The molecule has 5 heteroatoms. The normalized spacial score (nSPS) is 10.4. The molecule has 0 fully saturated rings. The summed E-state index contributed by atoms with van der Waals surface area (Å²) in [5.41, 5.74) is 0.812. The van der Waals surface area contributed by atoms with E-state index in [0.29, 0.717) is 6.61 Å². The Kier molecular flexibility index (Phi) is 4.23. The van der Waals surface area contributed by atoms with Crippen LogP contribution in [0, 0.1) is 6.92 Å². The van der Waals surface area contributed by atoms with Crippen LogP contribution in [-0.4, -0.2) is 38.1 Å². The number of thiazole rings is 1. The van der Waals surface area contributed by atoms with Gasteiger partial charge in [-0.3, -0.25) is 4.79 Å². The van der Waals surface area contributed by atoms with Gasteiger partial charge in [-0.2, -0.15) is 0 Å². The number of aryl methyl sites for hydroxylation is 1. The average Bonchev–Trinajstić information content (AvgIpc) is 2.56. The highest BCUT2D eigenvalue weighted by molar-refractivity contribution is 7.17. The van der Waals surface area contributed by atoms with Crippen molar-refractivity contribution in [2.75, 3.05) is 32.2 Å². The molecule has 0 N–H and O–H groups in total. The van der Waals surface area contributed by atoms with Crippen LogP contribution in [0.5, 0.6) is 0 Å². The molecule has 0 atom stereocenters. The van der Waals surface area contributed by atoms with Gasteiger partial charge in [0.15, 0.2) is 10.9 Å². The van der Waals surface area contributed by atoms with E-state index in [2.05, 4.69) is 4.98 Å². The van der Waals surface area contributed by atoms with Crippen molar-refractivity contribution in [2.45, 2.75) is 13.8 Å². The third-order valence-corrected chi connectivity index (χ3v) is 3.43. The van der Waals surface area contributed by atoms with E-state index in [0.717, 1.165) is 22.2 Å². The van der Waals surface area contributed by atoms with Crippen LogP contribution in [0.4, 0.5) is 5.13 Å². The first-order valence-electron chi connectivity index (χ1n) is 4.74. The largest absolute Gasteiger partial charge is 0.383 e. The van der Waals surface area contributed by atoms with Gasteiger partial charge in [-0.15, -0.1) is 0 Å². The predicted octanol–water partition coefficient (Wildman–Crippen LogP) is 1.74. The third kappa shape index (κ3) is 3.00. The molecular weight excluding hydrogens is 212 g/mol. The molecule has 0 aromatic carbocycles. The molecule has 4 nitrogen and oxygen atoms in total. The van der Waals surface area contributed by atoms with Gasteiger partial charge in [0, 0.05) is 27.6 Å². The molecule has 0 radical (unpaired) electrons. The second kappa shape index (κ2) is 5.23. The predicted molar refractivity (Wildman–Crippen MR) is 62.0 cm³/mol. The number of likely N-dealkylation sites (N-methyl/N-ethyl adjacent to an activating group) is 1. The fraction of sp³-hybridized carbons (Fsp3) is 0.600. The Hall–Kier alpha value is -0.940. The van der Waals surface area contributed by atoms with Crippen molar-refractivity contribution in [3.8, 4) is 0 Å². The van der Waals surface area contributed by atoms with Crippen molar-refractivity contribution in [3.63, 3.8) is 0 Å². The van der Waals surface area contributed by atoms with Crippen LogP contribution >= 0.6 is 11.3 Å². The van der Waals surface area contributed by atoms with Gasteiger partial charge in [0.05, 0.1) is 17.2 Å². The summed E-state index contributed by atoms with van der Waals surface area (Å²) < 4.78 is 4.99. The Balaban J connectivity index is 2.78. The number of carbonyl (C=O) groups is 1. The average molecular weight is 228 g/mol. The van der Waals surface area contributed by atoms with Crippen LogP contribution in [0.1, 0.15) is 22.3 Å². The Labute approximate surface area is 93.9 Å². The maximum Gasteiger partial charge on any atom is 0.186 e. The third-order valence-electron chi connectivity index (χ3n) is 2.06. The highest BCUT2D eigenvalue weighted by atomic mass is 32.1. The first kappa shape index (κ1) is 12.1. The molecule has 0 saturated heterocycles. The van der Waals surface area contributed by atoms with E-state index in [1.54, 1.807) is 14.0 Å². The van der Waals surface area contributed by atoms with E-state index >= 15 is 0 Å². The Morgan fingerprint density at radius 1 is 1.60 bits per heavy atom. The number of ether oxygens (including phenoxy) is 1. The number of methoxy groups -OCH3 is 1. The topological polar surface area (TPSA) is 42.4 Å². The molecule has 1 heterocycles. The Morgan fingerprint density at radius 2 is 2.27 bits per heavy atom. The fourth-order valence-corrected chi connectivity index (χ4v) is 2.15. The van der Waals surface area contributed by atoms with Crippen LogP contribution in [0.25, 0.3) is 0 Å². The minimum Gasteiger partial charge on any atom is -0.383 e. The molecule has 1 aromatic heterocycles. The zero-order valence-electron chi connectivity index (χ0n) is 9.53. The minimum absolute atomic E-state index is 0.0800. The van der Waals surface area contributed by atoms with E-state index in [9.17, 15) is 4.79 Å². The van der Waals surface area contributed by atoms with Crippen LogP contribution < -0.4 is 4.90 Å². The number of anilines is 1. The molecule has 1 rings (SSSR count). The van der Waals surface area contributed by atoms with Crippen LogP contribution in [0.3, 0.4) is 0 Å². The zero-order valence-corrected chi connectivity index (χ0v) is 10.3. The van der Waals surface area contributed by atoms with Gasteiger partial charge in [0.2, 0.25) is 0 Å². The second-order valence-corrected chi connectivity index (χ2v) is 4.36. The Bertz CT molecular complexity index is 349. The Morgan fingerprint density at radius 3 is 2.73 bits per heavy atom. The van der Waals surface area contributed by atoms with Gasteiger partial charge in [-0.1, -0.05) is 11.3 Å². The molecular formula is C10H16N2O2S. The lowest BCUT2D eigenvalue weighted by Crippen LogP contribution is -2.21. The van der Waals surface area contributed by atoms with Crippen LogP contribution in [-0.2, 0) is 4.74 Å². The number of rotatable bonds is 5. The first-order valence-corrected chi connectivity index (χ1v) is 5.56. The summed E-state index contributed by atoms with van der Waals surface area (Å²) in [6.07, 6.45) is 0. The maximum absolute atomic E-state index is 11.2. The summed E-state index contributed by atoms with van der Waals surface area (Å²) in [6.45, 7) is 4.87. The summed E-state index contributed by atoms with van der Waals surface area (Å²) >= 11 is 1.44. The molecule has 1 aromatic rings. The molecule has 0 spiro atoms. The van der Waals surface area contributed by atoms with Crippen molar-refractivity contribution >= 4 is 22.3 Å². The van der Waals surface area contributed by atoms with Gasteiger partial charge >= 0.3 is 0 Å². The zero-order chi connectivity index (χ0) is 11.4. The van der Waals surface area contributed by atoms with Crippen molar-refractivity contribution in [1.82, 2.24) is 4.98 Å². The molecule has 0 bridgehead atoms. The molecule has 0 aliphatic heterocycles. The van der Waals surface area contributed by atoms with E-state index in [4.69, 9.17) is 4.74 Å². The molecule has 0 saturated carbocycles. The van der Waals surface area contributed by atoms with Gasteiger partial charge in [-0.05, 0) is 6.92 Å². The van der Waals surface area contributed by atoms with Gasteiger partial charge in [-0.25, -0.2) is 4.98 Å². The molecule has 0 unspecified atom stereocenters. The quantitative estimate of drug-likeness (QED) is 0.720. The SMILES string of the molecule is COCCN(C)c1nc(C)c(C(C)=O)s1. The summed E-state index contributed by atoms with van der Waals surface area (Å²) in [6, 6.07) is 0. The number of hydrogen-bond acceptors (Lipinski definition) is 5. The highest BCUT2D eigenvalue weighted by Crippen LogP contribution is 2.25. The first-order chi connectivity index (χ1) is 7.06. The standard InChI is InChI=1S/C10H16N2O2S/c1-7-9(8(2)13)15-10(11-7)12(3)5-6-14-4/h5-6H2,1-4H3. The lowest BCUT2D eigenvalue weighted by molar-refractivity contribution is 0.102. The number of ketones is 1. The molecule has 15 heavy (non-hydrogen) atoms. The number of aromatic nitrogens is 1. The van der Waals surface area contributed by atoms with Gasteiger partial charge in [0.1, 0.15) is 0 Å².